The molecule has 0 bridgehead atoms. The van der Waals surface area contributed by atoms with Gasteiger partial charge in [-0.3, -0.25) is 0 Å². The Morgan fingerprint density at radius 3 is 2.33 bits per heavy atom. The maximum Gasteiger partial charge on any atom is 0.119 e. The summed E-state index contributed by atoms with van der Waals surface area (Å²) in [5, 5.41) is 0. The number of rotatable bonds is 5. The van der Waals surface area contributed by atoms with Crippen molar-refractivity contribution in [2.24, 2.45) is 5.73 Å². The van der Waals surface area contributed by atoms with E-state index in [1.807, 2.05) is 45.3 Å². The third-order valence-corrected chi connectivity index (χ3v) is 2.21. The summed E-state index contributed by atoms with van der Waals surface area (Å²) in [5.41, 5.74) is 6.89. The molecule has 0 saturated carbocycles. The van der Waals surface area contributed by atoms with Gasteiger partial charge in [0.15, 0.2) is 0 Å². The molecule has 0 amide bonds. The highest BCUT2D eigenvalue weighted by Gasteiger charge is 1.99. The van der Waals surface area contributed by atoms with Crippen LogP contribution in [0.5, 0.6) is 5.75 Å². The molecular formula is C12H20N2O. The summed E-state index contributed by atoms with van der Waals surface area (Å²) in [6, 6.07) is 8.04. The first-order valence-electron chi connectivity index (χ1n) is 5.22. The lowest BCUT2D eigenvalue weighted by molar-refractivity contribution is 0.261. The van der Waals surface area contributed by atoms with Crippen LogP contribution in [0.4, 0.5) is 0 Å². The van der Waals surface area contributed by atoms with Crippen LogP contribution in [-0.4, -0.2) is 32.1 Å². The summed E-state index contributed by atoms with van der Waals surface area (Å²) in [6.07, 6.45) is 0. The van der Waals surface area contributed by atoms with Gasteiger partial charge < -0.3 is 15.4 Å². The fourth-order valence-electron chi connectivity index (χ4n) is 1.21. The van der Waals surface area contributed by atoms with E-state index in [0.717, 1.165) is 17.9 Å². The van der Waals surface area contributed by atoms with Gasteiger partial charge in [-0.25, -0.2) is 0 Å². The molecule has 0 fully saturated rings. The van der Waals surface area contributed by atoms with Crippen molar-refractivity contribution < 1.29 is 4.74 Å². The molecule has 0 saturated heterocycles. The van der Waals surface area contributed by atoms with Gasteiger partial charge in [0.05, 0.1) is 0 Å². The fraction of sp³-hybridized carbons (Fsp3) is 0.500. The van der Waals surface area contributed by atoms with E-state index in [-0.39, 0.29) is 6.04 Å². The fourth-order valence-corrected chi connectivity index (χ4v) is 1.21. The first-order chi connectivity index (χ1) is 7.09. The van der Waals surface area contributed by atoms with Crippen LogP contribution < -0.4 is 10.5 Å². The van der Waals surface area contributed by atoms with Crippen LogP contribution >= 0.6 is 0 Å². The lowest BCUT2D eigenvalue weighted by Crippen LogP contribution is -2.19. The van der Waals surface area contributed by atoms with Crippen LogP contribution in [-0.2, 0) is 0 Å². The summed E-state index contributed by atoms with van der Waals surface area (Å²) >= 11 is 0. The second-order valence-electron chi connectivity index (χ2n) is 4.01. The molecule has 0 unspecified atom stereocenters. The zero-order chi connectivity index (χ0) is 11.3. The third kappa shape index (κ3) is 4.32. The normalized spacial score (nSPS) is 12.9. The summed E-state index contributed by atoms with van der Waals surface area (Å²) in [5.74, 6) is 0.904. The van der Waals surface area contributed by atoms with E-state index in [0.29, 0.717) is 6.61 Å². The van der Waals surface area contributed by atoms with Gasteiger partial charge in [0, 0.05) is 12.6 Å². The molecule has 84 valence electrons. The van der Waals surface area contributed by atoms with Crippen LogP contribution in [0.3, 0.4) is 0 Å². The van der Waals surface area contributed by atoms with E-state index in [2.05, 4.69) is 4.90 Å². The molecule has 0 aliphatic heterocycles. The Kier molecular flexibility index (Phi) is 4.59. The van der Waals surface area contributed by atoms with Gasteiger partial charge in [-0.2, -0.15) is 0 Å². The highest BCUT2D eigenvalue weighted by Crippen LogP contribution is 2.15. The topological polar surface area (TPSA) is 38.5 Å². The molecule has 15 heavy (non-hydrogen) atoms. The van der Waals surface area contributed by atoms with Gasteiger partial charge in [0.1, 0.15) is 12.4 Å². The van der Waals surface area contributed by atoms with Crippen molar-refractivity contribution in [2.75, 3.05) is 27.2 Å². The lowest BCUT2D eigenvalue weighted by Gasteiger charge is -2.11. The summed E-state index contributed by atoms with van der Waals surface area (Å²) in [4.78, 5) is 2.09. The van der Waals surface area contributed by atoms with Crippen molar-refractivity contribution in [3.05, 3.63) is 29.8 Å². The Hall–Kier alpha value is -1.06. The van der Waals surface area contributed by atoms with Gasteiger partial charge >= 0.3 is 0 Å². The van der Waals surface area contributed by atoms with E-state index in [1.165, 1.54) is 0 Å². The van der Waals surface area contributed by atoms with Crippen LogP contribution in [0.1, 0.15) is 18.5 Å². The van der Waals surface area contributed by atoms with Gasteiger partial charge in [-0.1, -0.05) is 12.1 Å². The zero-order valence-corrected chi connectivity index (χ0v) is 9.73. The number of ether oxygens (including phenoxy) is 1. The Morgan fingerprint density at radius 2 is 1.87 bits per heavy atom. The van der Waals surface area contributed by atoms with E-state index in [4.69, 9.17) is 10.5 Å². The molecular weight excluding hydrogens is 188 g/mol. The number of hydrogen-bond acceptors (Lipinski definition) is 3. The third-order valence-electron chi connectivity index (χ3n) is 2.21. The largest absolute Gasteiger partial charge is 0.492 e. The SMILES string of the molecule is C[C@@H](N)c1ccc(OCCN(C)C)cc1. The highest BCUT2D eigenvalue weighted by molar-refractivity contribution is 5.28. The lowest BCUT2D eigenvalue weighted by atomic mass is 10.1. The molecule has 0 aliphatic carbocycles. The van der Waals surface area contributed by atoms with E-state index < -0.39 is 0 Å². The van der Waals surface area contributed by atoms with Crippen molar-refractivity contribution in [1.82, 2.24) is 4.90 Å². The minimum Gasteiger partial charge on any atom is -0.492 e. The molecule has 0 aromatic heterocycles. The van der Waals surface area contributed by atoms with E-state index in [1.54, 1.807) is 0 Å². The smallest absolute Gasteiger partial charge is 0.119 e. The van der Waals surface area contributed by atoms with Crippen molar-refractivity contribution in [3.8, 4) is 5.75 Å². The van der Waals surface area contributed by atoms with Crippen molar-refractivity contribution in [3.63, 3.8) is 0 Å². The number of likely N-dealkylation sites (N-methyl/N-ethyl adjacent to an activating group) is 1. The number of nitrogens with zero attached hydrogens (tertiary/aromatic N) is 1. The number of nitrogens with two attached hydrogens (primary N) is 1. The zero-order valence-electron chi connectivity index (χ0n) is 9.73. The average Bonchev–Trinajstić information content (AvgIpc) is 2.18. The monoisotopic (exact) mass is 208 g/mol. The van der Waals surface area contributed by atoms with Crippen molar-refractivity contribution >= 4 is 0 Å². The Morgan fingerprint density at radius 1 is 1.27 bits per heavy atom. The van der Waals surface area contributed by atoms with Gasteiger partial charge in [-0.15, -0.1) is 0 Å². The number of hydrogen-bond donors (Lipinski definition) is 1. The second-order valence-corrected chi connectivity index (χ2v) is 4.01. The second kappa shape index (κ2) is 5.73. The molecule has 1 aromatic rings. The molecule has 2 N–H and O–H groups in total. The van der Waals surface area contributed by atoms with Crippen LogP contribution in [0.2, 0.25) is 0 Å². The molecule has 3 nitrogen and oxygen atoms in total. The highest BCUT2D eigenvalue weighted by atomic mass is 16.5. The molecule has 0 aliphatic rings. The summed E-state index contributed by atoms with van der Waals surface area (Å²) in [6.45, 7) is 3.61. The molecule has 1 aromatic carbocycles. The molecule has 0 spiro atoms. The predicted molar refractivity (Wildman–Crippen MR) is 63.1 cm³/mol. The minimum absolute atomic E-state index is 0.0841. The Bertz CT molecular complexity index is 280. The van der Waals surface area contributed by atoms with Crippen LogP contribution in [0, 0.1) is 0 Å². The maximum atomic E-state index is 5.76. The quantitative estimate of drug-likeness (QED) is 0.799. The Labute approximate surface area is 91.8 Å². The summed E-state index contributed by atoms with van der Waals surface area (Å²) < 4.78 is 5.57. The minimum atomic E-state index is 0.0841. The van der Waals surface area contributed by atoms with Crippen LogP contribution in [0.15, 0.2) is 24.3 Å². The molecule has 0 heterocycles. The van der Waals surface area contributed by atoms with Gasteiger partial charge in [0.25, 0.3) is 0 Å². The predicted octanol–water partition coefficient (Wildman–Crippen LogP) is 1.65. The Balaban J connectivity index is 2.43. The van der Waals surface area contributed by atoms with E-state index in [9.17, 15) is 0 Å². The molecule has 1 rings (SSSR count). The maximum absolute atomic E-state index is 5.76. The summed E-state index contributed by atoms with van der Waals surface area (Å²) in [7, 11) is 4.06. The standard InChI is InChI=1S/C12H20N2O/c1-10(13)11-4-6-12(7-5-11)15-9-8-14(2)3/h4-7,10H,8-9,13H2,1-3H3/t10-/m1/s1. The molecule has 3 heteroatoms. The first kappa shape index (κ1) is 12.0. The van der Waals surface area contributed by atoms with Crippen molar-refractivity contribution in [2.45, 2.75) is 13.0 Å². The first-order valence-corrected chi connectivity index (χ1v) is 5.22. The average molecular weight is 208 g/mol. The molecule has 1 atom stereocenters. The molecule has 0 radical (unpaired) electrons. The number of benzene rings is 1. The van der Waals surface area contributed by atoms with Gasteiger partial charge in [-0.05, 0) is 38.7 Å². The van der Waals surface area contributed by atoms with Crippen LogP contribution in [0.25, 0.3) is 0 Å². The van der Waals surface area contributed by atoms with Crippen molar-refractivity contribution in [1.29, 1.82) is 0 Å². The van der Waals surface area contributed by atoms with Gasteiger partial charge in [0.2, 0.25) is 0 Å². The van der Waals surface area contributed by atoms with E-state index >= 15 is 0 Å².